The van der Waals surface area contributed by atoms with Crippen molar-refractivity contribution < 1.29 is 8.42 Å². The van der Waals surface area contributed by atoms with Crippen LogP contribution >= 0.6 is 0 Å². The zero-order valence-corrected chi connectivity index (χ0v) is 10.3. The summed E-state index contributed by atoms with van der Waals surface area (Å²) in [6, 6.07) is 8.41. The molecule has 0 saturated carbocycles. The van der Waals surface area contributed by atoms with Crippen LogP contribution in [0.5, 0.6) is 0 Å². The van der Waals surface area contributed by atoms with E-state index in [1.807, 2.05) is 6.92 Å². The molecule has 0 bridgehead atoms. The first-order chi connectivity index (χ1) is 7.67. The van der Waals surface area contributed by atoms with Crippen molar-refractivity contribution in [1.82, 2.24) is 10.0 Å². The van der Waals surface area contributed by atoms with Crippen LogP contribution in [0.2, 0.25) is 0 Å². The number of nitrogens with one attached hydrogen (secondary N) is 2. The largest absolute Gasteiger partial charge is 0.317 e. The number of benzene rings is 1. The number of rotatable bonds is 7. The minimum atomic E-state index is -3.33. The van der Waals surface area contributed by atoms with Gasteiger partial charge in [0.2, 0.25) is 10.0 Å². The van der Waals surface area contributed by atoms with Crippen LogP contribution < -0.4 is 10.0 Å². The Labute approximate surface area is 97.1 Å². The van der Waals surface area contributed by atoms with Gasteiger partial charge in [0.15, 0.2) is 0 Å². The fourth-order valence-corrected chi connectivity index (χ4v) is 2.37. The second kappa shape index (κ2) is 6.62. The topological polar surface area (TPSA) is 58.2 Å². The van der Waals surface area contributed by atoms with Crippen LogP contribution in [0.3, 0.4) is 0 Å². The van der Waals surface area contributed by atoms with Gasteiger partial charge in [-0.15, -0.1) is 0 Å². The summed E-state index contributed by atoms with van der Waals surface area (Å²) in [4.78, 5) is 0.318. The molecular weight excluding hydrogens is 224 g/mol. The highest BCUT2D eigenvalue weighted by molar-refractivity contribution is 7.89. The van der Waals surface area contributed by atoms with E-state index in [1.165, 1.54) is 0 Å². The molecule has 16 heavy (non-hydrogen) atoms. The van der Waals surface area contributed by atoms with Gasteiger partial charge < -0.3 is 5.32 Å². The predicted molar refractivity (Wildman–Crippen MR) is 64.8 cm³/mol. The molecule has 0 unspecified atom stereocenters. The fraction of sp³-hybridized carbons (Fsp3) is 0.455. The van der Waals surface area contributed by atoms with Crippen molar-refractivity contribution in [3.05, 3.63) is 30.3 Å². The molecule has 90 valence electrons. The Bertz CT molecular complexity index is 390. The Morgan fingerprint density at radius 3 is 2.44 bits per heavy atom. The Kier molecular flexibility index (Phi) is 5.45. The first-order valence-corrected chi connectivity index (χ1v) is 6.90. The SMILES string of the molecule is CCNCCCNS(=O)(=O)c1ccccc1. The van der Waals surface area contributed by atoms with Crippen molar-refractivity contribution in [3.8, 4) is 0 Å². The van der Waals surface area contributed by atoms with E-state index >= 15 is 0 Å². The van der Waals surface area contributed by atoms with E-state index in [4.69, 9.17) is 0 Å². The van der Waals surface area contributed by atoms with Gasteiger partial charge in [-0.25, -0.2) is 13.1 Å². The standard InChI is InChI=1S/C11H18N2O2S/c1-2-12-9-6-10-13-16(14,15)11-7-4-3-5-8-11/h3-5,7-8,12-13H,2,6,9-10H2,1H3. The lowest BCUT2D eigenvalue weighted by molar-refractivity contribution is 0.575. The van der Waals surface area contributed by atoms with Crippen LogP contribution in [-0.4, -0.2) is 28.1 Å². The highest BCUT2D eigenvalue weighted by Gasteiger charge is 2.11. The molecular formula is C11H18N2O2S. The molecule has 0 aromatic heterocycles. The zero-order chi connectivity index (χ0) is 11.9. The second-order valence-corrected chi connectivity index (χ2v) is 5.18. The van der Waals surface area contributed by atoms with Crippen LogP contribution in [0.15, 0.2) is 35.2 Å². The van der Waals surface area contributed by atoms with E-state index < -0.39 is 10.0 Å². The molecule has 0 aliphatic rings. The fourth-order valence-electron chi connectivity index (χ4n) is 1.28. The third kappa shape index (κ3) is 4.30. The lowest BCUT2D eigenvalue weighted by Crippen LogP contribution is -2.27. The molecule has 0 spiro atoms. The maximum absolute atomic E-state index is 11.7. The molecule has 0 heterocycles. The number of hydrogen-bond acceptors (Lipinski definition) is 3. The monoisotopic (exact) mass is 242 g/mol. The highest BCUT2D eigenvalue weighted by Crippen LogP contribution is 2.06. The average Bonchev–Trinajstić information content (AvgIpc) is 2.30. The first-order valence-electron chi connectivity index (χ1n) is 5.42. The van der Waals surface area contributed by atoms with E-state index in [2.05, 4.69) is 10.0 Å². The summed E-state index contributed by atoms with van der Waals surface area (Å²) < 4.78 is 26.0. The third-order valence-corrected chi connectivity index (χ3v) is 3.60. The molecule has 5 heteroatoms. The van der Waals surface area contributed by atoms with Crippen molar-refractivity contribution >= 4 is 10.0 Å². The quantitative estimate of drug-likeness (QED) is 0.700. The normalized spacial score (nSPS) is 11.6. The first kappa shape index (κ1) is 13.2. The minimum Gasteiger partial charge on any atom is -0.317 e. The van der Waals surface area contributed by atoms with E-state index in [0.29, 0.717) is 11.4 Å². The Hall–Kier alpha value is -0.910. The average molecular weight is 242 g/mol. The Morgan fingerprint density at radius 1 is 1.12 bits per heavy atom. The summed E-state index contributed by atoms with van der Waals surface area (Å²) in [5, 5.41) is 3.14. The summed E-state index contributed by atoms with van der Waals surface area (Å²) in [6.45, 7) is 4.22. The van der Waals surface area contributed by atoms with Gasteiger partial charge in [-0.1, -0.05) is 25.1 Å². The van der Waals surface area contributed by atoms with E-state index in [1.54, 1.807) is 30.3 Å². The van der Waals surface area contributed by atoms with Crippen molar-refractivity contribution in [1.29, 1.82) is 0 Å². The van der Waals surface area contributed by atoms with Gasteiger partial charge in [0.25, 0.3) is 0 Å². The van der Waals surface area contributed by atoms with Crippen LogP contribution in [0.25, 0.3) is 0 Å². The van der Waals surface area contributed by atoms with Gasteiger partial charge >= 0.3 is 0 Å². The van der Waals surface area contributed by atoms with Crippen molar-refractivity contribution in [3.63, 3.8) is 0 Å². The smallest absolute Gasteiger partial charge is 0.240 e. The minimum absolute atomic E-state index is 0.318. The van der Waals surface area contributed by atoms with Crippen molar-refractivity contribution in [2.24, 2.45) is 0 Å². The van der Waals surface area contributed by atoms with E-state index in [-0.39, 0.29) is 0 Å². The van der Waals surface area contributed by atoms with Crippen LogP contribution in [-0.2, 0) is 10.0 Å². The Morgan fingerprint density at radius 2 is 1.81 bits per heavy atom. The van der Waals surface area contributed by atoms with Crippen molar-refractivity contribution in [2.45, 2.75) is 18.2 Å². The molecule has 0 aliphatic heterocycles. The molecule has 0 amide bonds. The number of sulfonamides is 1. The van der Waals surface area contributed by atoms with Gasteiger partial charge in [0, 0.05) is 6.54 Å². The maximum atomic E-state index is 11.7. The predicted octanol–water partition coefficient (Wildman–Crippen LogP) is 0.964. The molecule has 1 aromatic rings. The zero-order valence-electron chi connectivity index (χ0n) is 9.44. The highest BCUT2D eigenvalue weighted by atomic mass is 32.2. The molecule has 0 saturated heterocycles. The third-order valence-electron chi connectivity index (χ3n) is 2.13. The van der Waals surface area contributed by atoms with E-state index in [0.717, 1.165) is 19.5 Å². The summed E-state index contributed by atoms with van der Waals surface area (Å²) in [5.41, 5.74) is 0. The van der Waals surface area contributed by atoms with E-state index in [9.17, 15) is 8.42 Å². The summed E-state index contributed by atoms with van der Waals surface area (Å²) >= 11 is 0. The van der Waals surface area contributed by atoms with Crippen LogP contribution in [0.1, 0.15) is 13.3 Å². The lowest BCUT2D eigenvalue weighted by Gasteiger charge is -2.06. The summed E-state index contributed by atoms with van der Waals surface area (Å²) in [7, 11) is -3.33. The lowest BCUT2D eigenvalue weighted by atomic mass is 10.4. The van der Waals surface area contributed by atoms with Gasteiger partial charge in [-0.2, -0.15) is 0 Å². The van der Waals surface area contributed by atoms with Gasteiger partial charge in [0.05, 0.1) is 4.90 Å². The summed E-state index contributed by atoms with van der Waals surface area (Å²) in [5.74, 6) is 0. The molecule has 0 aliphatic carbocycles. The summed E-state index contributed by atoms with van der Waals surface area (Å²) in [6.07, 6.45) is 0.792. The molecule has 4 nitrogen and oxygen atoms in total. The molecule has 0 atom stereocenters. The van der Waals surface area contributed by atoms with Crippen LogP contribution in [0, 0.1) is 0 Å². The maximum Gasteiger partial charge on any atom is 0.240 e. The van der Waals surface area contributed by atoms with Gasteiger partial charge in [0.1, 0.15) is 0 Å². The Balaban J connectivity index is 2.41. The van der Waals surface area contributed by atoms with Gasteiger partial charge in [-0.05, 0) is 31.6 Å². The molecule has 1 aromatic carbocycles. The molecule has 1 rings (SSSR count). The van der Waals surface area contributed by atoms with Gasteiger partial charge in [-0.3, -0.25) is 0 Å². The van der Waals surface area contributed by atoms with Crippen molar-refractivity contribution in [2.75, 3.05) is 19.6 Å². The second-order valence-electron chi connectivity index (χ2n) is 3.42. The number of hydrogen-bond donors (Lipinski definition) is 2. The molecule has 0 fully saturated rings. The molecule has 2 N–H and O–H groups in total. The molecule has 0 radical (unpaired) electrons. The van der Waals surface area contributed by atoms with Crippen LogP contribution in [0.4, 0.5) is 0 Å².